The lowest BCUT2D eigenvalue weighted by Gasteiger charge is -2.46. The molecule has 4 heterocycles. The van der Waals surface area contributed by atoms with Crippen LogP contribution in [0, 0.1) is 0 Å². The first-order chi connectivity index (χ1) is 17.1. The number of thioether (sulfide) groups is 2. The summed E-state index contributed by atoms with van der Waals surface area (Å²) in [6.45, 7) is 0. The second-order valence-electron chi connectivity index (χ2n) is 7.48. The zero-order chi connectivity index (χ0) is 26.1. The van der Waals surface area contributed by atoms with Gasteiger partial charge in [-0.3, -0.25) is 29.5 Å². The Bertz CT molecular complexity index is 1200. The minimum atomic E-state index is -1.37. The van der Waals surface area contributed by atoms with Gasteiger partial charge < -0.3 is 25.9 Å². The van der Waals surface area contributed by atoms with Gasteiger partial charge in [-0.1, -0.05) is 5.16 Å². The third-order valence-electron chi connectivity index (χ3n) is 5.20. The van der Waals surface area contributed by atoms with E-state index in [2.05, 4.69) is 26.3 Å². The van der Waals surface area contributed by atoms with Crippen LogP contribution in [0.3, 0.4) is 0 Å². The van der Waals surface area contributed by atoms with E-state index in [1.165, 1.54) is 25.5 Å². The van der Waals surface area contributed by atoms with E-state index in [9.17, 15) is 29.1 Å². The number of carbonyl (C=O) groups is 5. The fourth-order valence-electron chi connectivity index (χ4n) is 3.55. The van der Waals surface area contributed by atoms with Crippen molar-refractivity contribution in [3.63, 3.8) is 0 Å². The smallest absolute Gasteiger partial charge is 0.352 e. The number of aliphatic carboxylic acids is 1. The van der Waals surface area contributed by atoms with Crippen LogP contribution in [-0.4, -0.2) is 91.4 Å². The fraction of sp³-hybridized carbons (Fsp3) is 0.389. The molecule has 1 aromatic heterocycles. The molecule has 18 heteroatoms. The first kappa shape index (κ1) is 25.7. The number of nitrogen functional groups attached to an aromatic ring is 1. The van der Waals surface area contributed by atoms with Gasteiger partial charge in [0.2, 0.25) is 5.91 Å². The maximum Gasteiger partial charge on any atom is 0.352 e. The molecule has 2 unspecified atom stereocenters. The Balaban J connectivity index is 1.61. The Morgan fingerprint density at radius 1 is 1.36 bits per heavy atom. The van der Waals surface area contributed by atoms with Gasteiger partial charge in [0, 0.05) is 23.8 Å². The predicted octanol–water partition coefficient (Wildman–Crippen LogP) is -1.92. The molecular formula is C18H20N8O7S3. The normalized spacial score (nSPS) is 24.9. The topological polar surface area (TPSA) is 209 Å². The number of carbonyl (C=O) groups excluding carboxylic acids is 4. The van der Waals surface area contributed by atoms with Gasteiger partial charge in [-0.25, -0.2) is 15.2 Å². The van der Waals surface area contributed by atoms with Crippen LogP contribution in [0.15, 0.2) is 21.8 Å². The lowest BCUT2D eigenvalue weighted by Crippen LogP contribution is -2.65. The largest absolute Gasteiger partial charge is 0.477 e. The number of aromatic nitrogens is 1. The summed E-state index contributed by atoms with van der Waals surface area (Å²) in [7, 11) is 2.67. The number of carboxylic acids is 1. The second-order valence-corrected chi connectivity index (χ2v) is 10.6. The van der Waals surface area contributed by atoms with Crippen LogP contribution < -0.4 is 21.9 Å². The number of nitrogens with two attached hydrogens (primary N) is 1. The molecule has 36 heavy (non-hydrogen) atoms. The van der Waals surface area contributed by atoms with Crippen LogP contribution in [0.1, 0.15) is 5.69 Å². The van der Waals surface area contributed by atoms with Crippen LogP contribution in [0.5, 0.6) is 0 Å². The maximum atomic E-state index is 12.8. The zero-order valence-electron chi connectivity index (χ0n) is 18.7. The van der Waals surface area contributed by atoms with Crippen molar-refractivity contribution >= 4 is 75.3 Å². The van der Waals surface area contributed by atoms with E-state index in [0.717, 1.165) is 33.3 Å². The van der Waals surface area contributed by atoms with E-state index in [4.69, 9.17) is 10.6 Å². The molecule has 4 rings (SSSR count). The lowest BCUT2D eigenvalue weighted by molar-refractivity contribution is -0.149. The van der Waals surface area contributed by atoms with Gasteiger partial charge in [0.15, 0.2) is 10.8 Å². The molecule has 0 saturated carbocycles. The molecule has 6 N–H and O–H groups in total. The molecule has 15 nitrogen and oxygen atoms in total. The number of hydrogen-bond donors (Lipinski definition) is 5. The van der Waals surface area contributed by atoms with Crippen molar-refractivity contribution in [1.82, 2.24) is 31.0 Å². The molecule has 0 aliphatic carbocycles. The number of oxime groups is 1. The van der Waals surface area contributed by atoms with Crippen LogP contribution in [-0.2, 0) is 35.2 Å². The molecule has 3 aliphatic rings. The Morgan fingerprint density at radius 3 is 2.75 bits per heavy atom. The fourth-order valence-corrected chi connectivity index (χ4v) is 6.73. The van der Waals surface area contributed by atoms with Crippen LogP contribution >= 0.6 is 34.9 Å². The number of amides is 4. The summed E-state index contributed by atoms with van der Waals surface area (Å²) in [5.41, 5.74) is 10.2. The highest BCUT2D eigenvalue weighted by atomic mass is 32.2. The molecule has 0 spiro atoms. The molecule has 2 fully saturated rings. The number of rotatable bonds is 8. The highest BCUT2D eigenvalue weighted by Crippen LogP contribution is 2.43. The number of anilines is 1. The quantitative estimate of drug-likeness (QED) is 0.135. The number of thiazole rings is 1. The van der Waals surface area contributed by atoms with Crippen molar-refractivity contribution in [2.75, 3.05) is 25.6 Å². The standard InChI is InChI=1S/C18H20N8O7S3/c1-25-14(30)11(28)22-23-18(25)35-5-7-10(16(31)32)26-13(29)9(24-33-2)15(26)36-12(7)21-8(27)3-6-4-34-17(19)20-6/h4,12,15,18,23H,3,5H2,1-2H3,(H2,19,20)(H,21,27)(H,22,28)(H,31,32)/b24-9+/t12?,15-,18?/m1/s1. The summed E-state index contributed by atoms with van der Waals surface area (Å²) in [5, 5.41) is 16.8. The summed E-state index contributed by atoms with van der Waals surface area (Å²) >= 11 is 3.39. The summed E-state index contributed by atoms with van der Waals surface area (Å²) in [4.78, 5) is 72.3. The Morgan fingerprint density at radius 2 is 2.11 bits per heavy atom. The van der Waals surface area contributed by atoms with Crippen LogP contribution in [0.2, 0.25) is 0 Å². The Hall–Kier alpha value is -3.35. The predicted molar refractivity (Wildman–Crippen MR) is 130 cm³/mol. The number of fused-ring (bicyclic) bond motifs is 1. The number of nitrogens with zero attached hydrogens (tertiary/aromatic N) is 4. The summed E-state index contributed by atoms with van der Waals surface area (Å²) in [5.74, 6) is -4.07. The summed E-state index contributed by atoms with van der Waals surface area (Å²) < 4.78 is 0. The number of β-lactam (4-membered cyclic amide) rings is 1. The monoisotopic (exact) mass is 556 g/mol. The van der Waals surface area contributed by atoms with E-state index in [-0.39, 0.29) is 29.2 Å². The van der Waals surface area contributed by atoms with Crippen molar-refractivity contribution < 1.29 is 33.9 Å². The second kappa shape index (κ2) is 10.3. The minimum absolute atomic E-state index is 0.0123. The summed E-state index contributed by atoms with van der Waals surface area (Å²) in [6, 6.07) is 0. The third kappa shape index (κ3) is 4.84. The molecule has 0 radical (unpaired) electrons. The van der Waals surface area contributed by atoms with Crippen LogP contribution in [0.25, 0.3) is 0 Å². The number of carboxylic acid groups (broad SMARTS) is 1. The third-order valence-corrected chi connectivity index (χ3v) is 8.52. The van der Waals surface area contributed by atoms with Gasteiger partial charge in [0.1, 0.15) is 29.1 Å². The first-order valence-corrected chi connectivity index (χ1v) is 13.0. The van der Waals surface area contributed by atoms with Crippen molar-refractivity contribution in [2.45, 2.75) is 22.7 Å². The number of likely N-dealkylation sites (N-methyl/N-ethyl adjacent to an activating group) is 1. The van der Waals surface area contributed by atoms with Gasteiger partial charge in [0.05, 0.1) is 12.1 Å². The number of nitrogens with one attached hydrogen (secondary N) is 3. The molecule has 0 aromatic carbocycles. The van der Waals surface area contributed by atoms with E-state index >= 15 is 0 Å². The molecule has 0 bridgehead atoms. The molecule has 3 atom stereocenters. The molecule has 2 saturated heterocycles. The van der Waals surface area contributed by atoms with E-state index in [1.54, 1.807) is 5.38 Å². The van der Waals surface area contributed by atoms with Crippen molar-refractivity contribution in [3.8, 4) is 0 Å². The van der Waals surface area contributed by atoms with Crippen molar-refractivity contribution in [2.24, 2.45) is 5.16 Å². The highest BCUT2D eigenvalue weighted by Gasteiger charge is 2.54. The Kier molecular flexibility index (Phi) is 7.38. The van der Waals surface area contributed by atoms with E-state index in [1.807, 2.05) is 0 Å². The molecule has 3 aliphatic heterocycles. The number of hydrazine groups is 1. The number of hydrogen-bond acceptors (Lipinski definition) is 13. The van der Waals surface area contributed by atoms with Gasteiger partial charge in [-0.05, 0) is 0 Å². The molecule has 1 aromatic rings. The average Bonchev–Trinajstić information content (AvgIpc) is 3.24. The zero-order valence-corrected chi connectivity index (χ0v) is 21.2. The minimum Gasteiger partial charge on any atom is -0.477 e. The van der Waals surface area contributed by atoms with Gasteiger partial charge in [-0.15, -0.1) is 34.9 Å². The SMILES string of the molecule is CO/N=C1\C(=O)N2C(C(=O)O)=C(CSC3NNC(=O)C(=O)N3C)C(NC(=O)Cc3csc(N)n3)S[C@H]12. The van der Waals surface area contributed by atoms with Crippen LogP contribution in [0.4, 0.5) is 5.13 Å². The maximum absolute atomic E-state index is 12.8. The summed E-state index contributed by atoms with van der Waals surface area (Å²) in [6.07, 6.45) is -0.0899. The van der Waals surface area contributed by atoms with E-state index in [0.29, 0.717) is 10.8 Å². The average molecular weight is 557 g/mol. The highest BCUT2D eigenvalue weighted by molar-refractivity contribution is 8.02. The van der Waals surface area contributed by atoms with Gasteiger partial charge >= 0.3 is 17.8 Å². The first-order valence-electron chi connectivity index (χ1n) is 10.1. The van der Waals surface area contributed by atoms with Crippen molar-refractivity contribution in [3.05, 3.63) is 22.3 Å². The molecule has 192 valence electrons. The molecular weight excluding hydrogens is 536 g/mol. The molecule has 4 amide bonds. The van der Waals surface area contributed by atoms with Gasteiger partial charge in [-0.2, -0.15) is 0 Å². The Labute approximate surface area is 215 Å². The van der Waals surface area contributed by atoms with Gasteiger partial charge in [0.25, 0.3) is 5.91 Å². The van der Waals surface area contributed by atoms with E-state index < -0.39 is 45.8 Å². The lowest BCUT2D eigenvalue weighted by atomic mass is 10.1. The van der Waals surface area contributed by atoms with Crippen molar-refractivity contribution in [1.29, 1.82) is 0 Å².